The highest BCUT2D eigenvalue weighted by molar-refractivity contribution is 8.14. The lowest BCUT2D eigenvalue weighted by molar-refractivity contribution is -0.131. The van der Waals surface area contributed by atoms with Crippen molar-refractivity contribution in [3.8, 4) is 11.5 Å². The number of carbonyl (C=O) groups excluding carboxylic acids is 2. The molecule has 0 saturated heterocycles. The van der Waals surface area contributed by atoms with E-state index < -0.39 is 17.3 Å². The summed E-state index contributed by atoms with van der Waals surface area (Å²) in [5.41, 5.74) is 2.92. The largest absolute Gasteiger partial charge is 0.496 e. The number of benzene rings is 3. The van der Waals surface area contributed by atoms with Crippen molar-refractivity contribution in [2.75, 3.05) is 7.11 Å². The van der Waals surface area contributed by atoms with Crippen molar-refractivity contribution >= 4 is 40.3 Å². The molecule has 0 saturated carbocycles. The molecule has 0 radical (unpaired) electrons. The number of carbonyl (C=O) groups is 2. The Labute approximate surface area is 201 Å². The van der Waals surface area contributed by atoms with Gasteiger partial charge in [-0.2, -0.15) is 5.10 Å². The Hall–Kier alpha value is -3.29. The summed E-state index contributed by atoms with van der Waals surface area (Å²) in [7, 11) is 1.60. The van der Waals surface area contributed by atoms with Gasteiger partial charge in [-0.15, -0.1) is 0 Å². The van der Waals surface area contributed by atoms with Crippen LogP contribution in [-0.4, -0.2) is 29.0 Å². The minimum Gasteiger partial charge on any atom is -0.496 e. The molecule has 4 rings (SSSR count). The Morgan fingerprint density at radius 1 is 1.03 bits per heavy atom. The highest BCUT2D eigenvalue weighted by Gasteiger charge is 2.37. The second kappa shape index (κ2) is 9.68. The van der Waals surface area contributed by atoms with Crippen molar-refractivity contribution in [3.63, 3.8) is 0 Å². The molecule has 1 aliphatic heterocycles. The fourth-order valence-corrected chi connectivity index (χ4v) is 4.74. The molecular formula is C25H21ClN2O4S. The van der Waals surface area contributed by atoms with E-state index in [4.69, 9.17) is 21.1 Å². The third-order valence-corrected chi connectivity index (χ3v) is 6.44. The lowest BCUT2D eigenvalue weighted by Gasteiger charge is -2.23. The van der Waals surface area contributed by atoms with Gasteiger partial charge in [0.05, 0.1) is 12.7 Å². The average Bonchev–Trinajstić information content (AvgIpc) is 3.24. The fraction of sp³-hybridized carbons (Fsp3) is 0.160. The molecule has 6 nitrogen and oxygen atoms in total. The zero-order chi connectivity index (χ0) is 23.5. The molecular weight excluding hydrogens is 460 g/mol. The van der Waals surface area contributed by atoms with Gasteiger partial charge in [0.2, 0.25) is 0 Å². The summed E-state index contributed by atoms with van der Waals surface area (Å²) in [5, 5.41) is 6.87. The van der Waals surface area contributed by atoms with E-state index in [-0.39, 0.29) is 11.3 Å². The van der Waals surface area contributed by atoms with Crippen LogP contribution in [0.3, 0.4) is 0 Å². The van der Waals surface area contributed by atoms with Crippen molar-refractivity contribution in [2.24, 2.45) is 5.10 Å². The Balaban J connectivity index is 1.80. The minimum absolute atomic E-state index is 0.185. The van der Waals surface area contributed by atoms with E-state index in [9.17, 15) is 9.59 Å². The summed E-state index contributed by atoms with van der Waals surface area (Å²) in [5.74, 6) is -0.0556. The van der Waals surface area contributed by atoms with Crippen LogP contribution in [0.25, 0.3) is 0 Å². The van der Waals surface area contributed by atoms with E-state index in [0.29, 0.717) is 15.8 Å². The molecule has 0 aromatic heterocycles. The number of hydrogen-bond acceptors (Lipinski definition) is 6. The number of aryl methyl sites for hydroxylation is 1. The molecule has 3 aromatic carbocycles. The lowest BCUT2D eigenvalue weighted by atomic mass is 10.1. The van der Waals surface area contributed by atoms with Crippen LogP contribution in [0, 0.1) is 6.92 Å². The first-order valence-electron chi connectivity index (χ1n) is 10.1. The molecule has 0 aliphatic carbocycles. The van der Waals surface area contributed by atoms with Gasteiger partial charge in [0.25, 0.3) is 5.91 Å². The smallest absolute Gasteiger partial charge is 0.308 e. The molecule has 1 heterocycles. The number of para-hydroxylation sites is 1. The fourth-order valence-electron chi connectivity index (χ4n) is 3.43. The monoisotopic (exact) mass is 480 g/mol. The van der Waals surface area contributed by atoms with E-state index in [1.54, 1.807) is 43.5 Å². The van der Waals surface area contributed by atoms with Crippen LogP contribution < -0.4 is 9.47 Å². The minimum atomic E-state index is -0.506. The molecule has 0 fully saturated rings. The summed E-state index contributed by atoms with van der Waals surface area (Å²) in [6, 6.07) is 19.7. The van der Waals surface area contributed by atoms with Crippen molar-refractivity contribution in [2.45, 2.75) is 19.2 Å². The number of ether oxygens (including phenoxy) is 2. The Bertz CT molecular complexity index is 1240. The maximum absolute atomic E-state index is 13.7. The van der Waals surface area contributed by atoms with Crippen LogP contribution in [0.1, 0.15) is 39.3 Å². The highest BCUT2D eigenvalue weighted by Crippen LogP contribution is 2.45. The van der Waals surface area contributed by atoms with Crippen LogP contribution in [-0.2, 0) is 4.79 Å². The summed E-state index contributed by atoms with van der Waals surface area (Å²) < 4.78 is 10.9. The van der Waals surface area contributed by atoms with Crippen LogP contribution in [0.2, 0.25) is 5.02 Å². The highest BCUT2D eigenvalue weighted by atomic mass is 35.5. The Kier molecular flexibility index (Phi) is 6.72. The molecule has 168 valence electrons. The maximum atomic E-state index is 13.7. The van der Waals surface area contributed by atoms with Crippen molar-refractivity contribution in [1.82, 2.24) is 5.01 Å². The molecule has 1 unspecified atom stereocenters. The summed E-state index contributed by atoms with van der Waals surface area (Å²) in [6.45, 7) is 3.27. The predicted octanol–water partition coefficient (Wildman–Crippen LogP) is 5.83. The van der Waals surface area contributed by atoms with Crippen LogP contribution in [0.5, 0.6) is 11.5 Å². The van der Waals surface area contributed by atoms with E-state index in [0.717, 1.165) is 16.7 Å². The molecule has 0 N–H and O–H groups in total. The molecule has 1 amide bonds. The molecule has 0 spiro atoms. The van der Waals surface area contributed by atoms with Crippen LogP contribution in [0.4, 0.5) is 0 Å². The molecule has 33 heavy (non-hydrogen) atoms. The van der Waals surface area contributed by atoms with Gasteiger partial charge in [-0.1, -0.05) is 59.8 Å². The number of thioether (sulfide) groups is 1. The number of hydrogen-bond donors (Lipinski definition) is 0. The second-order valence-corrected chi connectivity index (χ2v) is 8.87. The Morgan fingerprint density at radius 2 is 1.76 bits per heavy atom. The lowest BCUT2D eigenvalue weighted by Crippen LogP contribution is -2.27. The molecule has 1 aliphatic rings. The number of halogens is 1. The normalized spacial score (nSPS) is 15.2. The van der Waals surface area contributed by atoms with Crippen LogP contribution in [0.15, 0.2) is 71.8 Å². The second-order valence-electron chi connectivity index (χ2n) is 7.37. The zero-order valence-corrected chi connectivity index (χ0v) is 19.8. The first-order valence-corrected chi connectivity index (χ1v) is 11.4. The summed E-state index contributed by atoms with van der Waals surface area (Å²) in [6.07, 6.45) is 0. The van der Waals surface area contributed by atoms with Gasteiger partial charge in [-0.05, 0) is 42.8 Å². The molecule has 0 bridgehead atoms. The topological polar surface area (TPSA) is 68.2 Å². The number of hydrazone groups is 1. The number of rotatable bonds is 5. The van der Waals surface area contributed by atoms with Crippen LogP contribution >= 0.6 is 23.4 Å². The van der Waals surface area contributed by atoms with Gasteiger partial charge >= 0.3 is 5.97 Å². The average molecular weight is 481 g/mol. The van der Waals surface area contributed by atoms with E-state index in [1.165, 1.54) is 23.7 Å². The number of methoxy groups -OCH3 is 1. The van der Waals surface area contributed by atoms with Crippen molar-refractivity contribution in [3.05, 3.63) is 94.0 Å². The van der Waals surface area contributed by atoms with Crippen molar-refractivity contribution < 1.29 is 19.1 Å². The van der Waals surface area contributed by atoms with Gasteiger partial charge in [0.1, 0.15) is 21.9 Å². The first-order chi connectivity index (χ1) is 15.9. The van der Waals surface area contributed by atoms with Gasteiger partial charge in [-0.3, -0.25) is 9.59 Å². The van der Waals surface area contributed by atoms with Gasteiger partial charge < -0.3 is 9.47 Å². The zero-order valence-electron chi connectivity index (χ0n) is 18.2. The predicted molar refractivity (Wildman–Crippen MR) is 130 cm³/mol. The van der Waals surface area contributed by atoms with E-state index in [1.807, 2.05) is 37.3 Å². The van der Waals surface area contributed by atoms with Gasteiger partial charge in [0, 0.05) is 23.1 Å². The molecule has 8 heteroatoms. The SMILES string of the molecule is COc1cc(C)ccc1C1SC(c2ccc(Cl)cc2)=NN1C(=O)c1ccccc1OC(C)=O. The van der Waals surface area contributed by atoms with Gasteiger partial charge in [-0.25, -0.2) is 5.01 Å². The summed E-state index contributed by atoms with van der Waals surface area (Å²) in [4.78, 5) is 25.3. The third-order valence-electron chi connectivity index (χ3n) is 4.97. The number of nitrogens with zero attached hydrogens (tertiary/aromatic N) is 2. The van der Waals surface area contributed by atoms with E-state index in [2.05, 4.69) is 5.10 Å². The quantitative estimate of drug-likeness (QED) is 0.339. The Morgan fingerprint density at radius 3 is 2.45 bits per heavy atom. The third kappa shape index (κ3) is 4.89. The number of amides is 1. The number of esters is 1. The first kappa shape index (κ1) is 22.9. The standard InChI is InChI=1S/C25H21ClN2O4S/c1-15-8-13-20(22(14-15)31-3)25-28(27-23(33-25)17-9-11-18(26)12-10-17)24(30)19-6-4-5-7-21(19)32-16(2)29/h4-14,25H,1-3H3. The molecule has 3 aromatic rings. The molecule has 1 atom stereocenters. The van der Waals surface area contributed by atoms with E-state index >= 15 is 0 Å². The summed E-state index contributed by atoms with van der Waals surface area (Å²) >= 11 is 7.48. The van der Waals surface area contributed by atoms with Crippen molar-refractivity contribution in [1.29, 1.82) is 0 Å². The van der Waals surface area contributed by atoms with Gasteiger partial charge in [0.15, 0.2) is 0 Å². The maximum Gasteiger partial charge on any atom is 0.308 e.